The van der Waals surface area contributed by atoms with Crippen LogP contribution >= 0.6 is 11.3 Å². The van der Waals surface area contributed by atoms with Gasteiger partial charge in [0, 0.05) is 31.1 Å². The van der Waals surface area contributed by atoms with Crippen molar-refractivity contribution in [3.8, 4) is 0 Å². The molecule has 4 nitrogen and oxygen atoms in total. The maximum Gasteiger partial charge on any atom is 0.242 e. The van der Waals surface area contributed by atoms with E-state index in [1.54, 1.807) is 11.3 Å². The van der Waals surface area contributed by atoms with Gasteiger partial charge in [0.05, 0.1) is 6.10 Å². The summed E-state index contributed by atoms with van der Waals surface area (Å²) in [7, 11) is 0. The van der Waals surface area contributed by atoms with E-state index in [0.717, 1.165) is 37.5 Å². The number of amides is 1. The molecule has 5 heteroatoms. The van der Waals surface area contributed by atoms with Crippen LogP contribution in [0.4, 0.5) is 0 Å². The lowest BCUT2D eigenvalue weighted by Gasteiger charge is -2.37. The molecule has 0 spiro atoms. The average molecular weight is 280 g/mol. The van der Waals surface area contributed by atoms with Crippen molar-refractivity contribution in [2.75, 3.05) is 26.2 Å². The number of thiophene rings is 1. The van der Waals surface area contributed by atoms with E-state index >= 15 is 0 Å². The second-order valence-electron chi connectivity index (χ2n) is 5.19. The van der Waals surface area contributed by atoms with Gasteiger partial charge in [0.2, 0.25) is 5.91 Å². The lowest BCUT2D eigenvalue weighted by Crippen LogP contribution is -2.52. The molecule has 0 aromatic carbocycles. The monoisotopic (exact) mass is 280 g/mol. The zero-order chi connectivity index (χ0) is 13.1. The largest absolute Gasteiger partial charge is 0.377 e. The van der Waals surface area contributed by atoms with Crippen molar-refractivity contribution in [1.29, 1.82) is 0 Å². The molecule has 2 atom stereocenters. The van der Waals surface area contributed by atoms with Crippen LogP contribution in [0, 0.1) is 0 Å². The van der Waals surface area contributed by atoms with Gasteiger partial charge in [-0.15, -0.1) is 11.3 Å². The van der Waals surface area contributed by atoms with Crippen LogP contribution in [-0.2, 0) is 9.53 Å². The third-order valence-corrected chi connectivity index (χ3v) is 4.76. The first-order valence-electron chi connectivity index (χ1n) is 7.01. The Balaban J connectivity index is 1.71. The first kappa shape index (κ1) is 13.1. The number of hydrogen-bond acceptors (Lipinski definition) is 4. The number of ether oxygens (including phenoxy) is 1. The molecule has 0 saturated carbocycles. The number of hydrogen-bond donors (Lipinski definition) is 1. The standard InChI is InChI=1S/C14H20N2O2S/c17-14-13(12-5-3-9-19-12)16(7-6-15-14)10-11-4-1-2-8-18-11/h3,5,9,11,13H,1-2,4,6-8,10H2,(H,15,17)/t11-,13-/m0/s1. The predicted molar refractivity (Wildman–Crippen MR) is 75.2 cm³/mol. The maximum absolute atomic E-state index is 12.2. The lowest BCUT2D eigenvalue weighted by atomic mass is 10.1. The number of carbonyl (C=O) groups is 1. The molecule has 2 aliphatic heterocycles. The Bertz CT molecular complexity index is 415. The van der Waals surface area contributed by atoms with Crippen LogP contribution in [0.2, 0.25) is 0 Å². The number of nitrogens with one attached hydrogen (secondary N) is 1. The number of rotatable bonds is 3. The third kappa shape index (κ3) is 2.99. The van der Waals surface area contributed by atoms with Gasteiger partial charge in [0.1, 0.15) is 6.04 Å². The molecule has 104 valence electrons. The molecular formula is C14H20N2O2S. The summed E-state index contributed by atoms with van der Waals surface area (Å²) >= 11 is 1.66. The molecule has 19 heavy (non-hydrogen) atoms. The molecule has 2 fully saturated rings. The highest BCUT2D eigenvalue weighted by atomic mass is 32.1. The topological polar surface area (TPSA) is 41.6 Å². The molecule has 3 heterocycles. The summed E-state index contributed by atoms with van der Waals surface area (Å²) in [4.78, 5) is 15.6. The lowest BCUT2D eigenvalue weighted by molar-refractivity contribution is -0.130. The van der Waals surface area contributed by atoms with E-state index < -0.39 is 0 Å². The quantitative estimate of drug-likeness (QED) is 0.918. The molecule has 0 aliphatic carbocycles. The van der Waals surface area contributed by atoms with Crippen LogP contribution in [0.25, 0.3) is 0 Å². The average Bonchev–Trinajstić information content (AvgIpc) is 2.94. The van der Waals surface area contributed by atoms with Gasteiger partial charge in [-0.25, -0.2) is 0 Å². The predicted octanol–water partition coefficient (Wildman–Crippen LogP) is 1.79. The highest BCUT2D eigenvalue weighted by Crippen LogP contribution is 2.28. The molecule has 0 radical (unpaired) electrons. The van der Waals surface area contributed by atoms with Gasteiger partial charge in [-0.1, -0.05) is 6.07 Å². The van der Waals surface area contributed by atoms with Crippen LogP contribution in [0.3, 0.4) is 0 Å². The summed E-state index contributed by atoms with van der Waals surface area (Å²) in [5.74, 6) is 0.129. The minimum absolute atomic E-state index is 0.126. The first-order valence-corrected chi connectivity index (χ1v) is 7.89. The van der Waals surface area contributed by atoms with Crippen molar-refractivity contribution < 1.29 is 9.53 Å². The number of piperazine rings is 1. The Kier molecular flexibility index (Phi) is 4.15. The summed E-state index contributed by atoms with van der Waals surface area (Å²) in [5.41, 5.74) is 0. The van der Waals surface area contributed by atoms with Crippen molar-refractivity contribution in [1.82, 2.24) is 10.2 Å². The van der Waals surface area contributed by atoms with Crippen molar-refractivity contribution in [3.05, 3.63) is 22.4 Å². The molecular weight excluding hydrogens is 260 g/mol. The molecule has 2 saturated heterocycles. The summed E-state index contributed by atoms with van der Waals surface area (Å²) in [5, 5.41) is 5.01. The van der Waals surface area contributed by atoms with Gasteiger partial charge in [0.15, 0.2) is 0 Å². The van der Waals surface area contributed by atoms with Gasteiger partial charge in [-0.3, -0.25) is 9.69 Å². The van der Waals surface area contributed by atoms with Gasteiger partial charge < -0.3 is 10.1 Å². The van der Waals surface area contributed by atoms with Crippen LogP contribution in [0.1, 0.15) is 30.2 Å². The van der Waals surface area contributed by atoms with Crippen molar-refractivity contribution >= 4 is 17.2 Å². The molecule has 0 bridgehead atoms. The Hall–Kier alpha value is -0.910. The normalized spacial score (nSPS) is 29.2. The fourth-order valence-electron chi connectivity index (χ4n) is 2.88. The van der Waals surface area contributed by atoms with E-state index in [1.807, 2.05) is 11.4 Å². The summed E-state index contributed by atoms with van der Waals surface area (Å²) in [6, 6.07) is 3.94. The van der Waals surface area contributed by atoms with Gasteiger partial charge >= 0.3 is 0 Å². The van der Waals surface area contributed by atoms with Crippen LogP contribution in [0.5, 0.6) is 0 Å². The van der Waals surface area contributed by atoms with E-state index in [9.17, 15) is 4.79 Å². The van der Waals surface area contributed by atoms with E-state index in [0.29, 0.717) is 6.10 Å². The summed E-state index contributed by atoms with van der Waals surface area (Å²) < 4.78 is 5.81. The Morgan fingerprint density at radius 2 is 2.42 bits per heavy atom. The second kappa shape index (κ2) is 6.03. The summed E-state index contributed by atoms with van der Waals surface area (Å²) in [6.45, 7) is 3.39. The Labute approximate surface area is 117 Å². The highest BCUT2D eigenvalue weighted by molar-refractivity contribution is 7.10. The minimum Gasteiger partial charge on any atom is -0.377 e. The van der Waals surface area contributed by atoms with Crippen molar-refractivity contribution in [2.45, 2.75) is 31.4 Å². The zero-order valence-corrected chi connectivity index (χ0v) is 11.8. The maximum atomic E-state index is 12.2. The van der Waals surface area contributed by atoms with Crippen LogP contribution < -0.4 is 5.32 Å². The Morgan fingerprint density at radius 3 is 3.16 bits per heavy atom. The number of carbonyl (C=O) groups excluding carboxylic acids is 1. The van der Waals surface area contributed by atoms with Gasteiger partial charge in [-0.2, -0.15) is 0 Å². The molecule has 1 aromatic rings. The van der Waals surface area contributed by atoms with E-state index in [2.05, 4.69) is 16.3 Å². The molecule has 0 unspecified atom stereocenters. The Morgan fingerprint density at radius 1 is 1.47 bits per heavy atom. The molecule has 3 rings (SSSR count). The smallest absolute Gasteiger partial charge is 0.242 e. The molecule has 1 N–H and O–H groups in total. The van der Waals surface area contributed by atoms with Crippen LogP contribution in [0.15, 0.2) is 17.5 Å². The van der Waals surface area contributed by atoms with Crippen molar-refractivity contribution in [2.24, 2.45) is 0 Å². The van der Waals surface area contributed by atoms with Gasteiger partial charge in [0.25, 0.3) is 0 Å². The molecule has 2 aliphatic rings. The summed E-state index contributed by atoms with van der Waals surface area (Å²) in [6.07, 6.45) is 3.83. The fourth-order valence-corrected chi connectivity index (χ4v) is 3.74. The van der Waals surface area contributed by atoms with E-state index in [4.69, 9.17) is 4.74 Å². The van der Waals surface area contributed by atoms with E-state index in [1.165, 1.54) is 12.8 Å². The second-order valence-corrected chi connectivity index (χ2v) is 6.17. The fraction of sp³-hybridized carbons (Fsp3) is 0.643. The van der Waals surface area contributed by atoms with Crippen LogP contribution in [-0.4, -0.2) is 43.2 Å². The highest BCUT2D eigenvalue weighted by Gasteiger charge is 2.33. The third-order valence-electron chi connectivity index (χ3n) is 3.84. The molecule has 1 amide bonds. The van der Waals surface area contributed by atoms with E-state index in [-0.39, 0.29) is 11.9 Å². The zero-order valence-electron chi connectivity index (χ0n) is 11.0. The minimum atomic E-state index is -0.126. The van der Waals surface area contributed by atoms with Gasteiger partial charge in [-0.05, 0) is 30.7 Å². The van der Waals surface area contributed by atoms with Crippen molar-refractivity contribution in [3.63, 3.8) is 0 Å². The molecule has 1 aromatic heterocycles. The SMILES string of the molecule is O=C1NCCN(C[C@@H]2CCCCO2)[C@H]1c1cccs1. The first-order chi connectivity index (χ1) is 9.34. The number of nitrogens with zero attached hydrogens (tertiary/aromatic N) is 1.